The number of allylic oxidation sites excluding steroid dienone is 1. The minimum Gasteiger partial charge on any atom is -0.319 e. The van der Waals surface area contributed by atoms with Gasteiger partial charge in [-0.1, -0.05) is 66.4 Å². The fourth-order valence-corrected chi connectivity index (χ4v) is 4.61. The molecule has 0 aliphatic heterocycles. The van der Waals surface area contributed by atoms with Crippen LogP contribution in [0.1, 0.15) is 17.1 Å². The van der Waals surface area contributed by atoms with Gasteiger partial charge in [0.2, 0.25) is 5.91 Å². The zero-order valence-electron chi connectivity index (χ0n) is 19.8. The maximum Gasteiger partial charge on any atom is 0.295 e. The van der Waals surface area contributed by atoms with Crippen LogP contribution in [0.3, 0.4) is 0 Å². The monoisotopic (exact) mass is 488 g/mol. The van der Waals surface area contributed by atoms with Gasteiger partial charge in [-0.2, -0.15) is 0 Å². The van der Waals surface area contributed by atoms with Gasteiger partial charge in [0.1, 0.15) is 11.5 Å². The molecule has 1 amide bonds. The normalized spacial score (nSPS) is 10.9. The standard InChI is InChI=1S/C26H28N6O2S/c1-4-17-31-22(16-15-20-11-7-5-8-12-20)28-29-26(31)35-18-23(33)27-24-19(2)30(3)32(25(24)34)21-13-9-6-10-14-21/h4-14H,1,15-18H2,2-3H3,(H,27,33). The molecule has 0 atom stereocenters. The summed E-state index contributed by atoms with van der Waals surface area (Å²) in [5.74, 6) is 0.675. The summed E-state index contributed by atoms with van der Waals surface area (Å²) >= 11 is 1.29. The highest BCUT2D eigenvalue weighted by Crippen LogP contribution is 2.20. The molecule has 180 valence electrons. The van der Waals surface area contributed by atoms with Crippen molar-refractivity contribution in [2.75, 3.05) is 11.1 Å². The van der Waals surface area contributed by atoms with Crippen molar-refractivity contribution >= 4 is 23.4 Å². The van der Waals surface area contributed by atoms with E-state index in [2.05, 4.69) is 34.2 Å². The van der Waals surface area contributed by atoms with Gasteiger partial charge in [0.15, 0.2) is 5.16 Å². The third kappa shape index (κ3) is 5.46. The molecule has 0 bridgehead atoms. The number of carbonyl (C=O) groups is 1. The SMILES string of the molecule is C=CCn1c(CCc2ccccc2)nnc1SCC(=O)Nc1c(C)n(C)n(-c2ccccc2)c1=O. The van der Waals surface area contributed by atoms with Crippen LogP contribution < -0.4 is 10.9 Å². The fourth-order valence-electron chi connectivity index (χ4n) is 3.84. The topological polar surface area (TPSA) is 86.7 Å². The van der Waals surface area contributed by atoms with Crippen molar-refractivity contribution in [3.8, 4) is 5.69 Å². The minimum atomic E-state index is -0.278. The molecule has 0 aliphatic carbocycles. The number of hydrogen-bond acceptors (Lipinski definition) is 5. The zero-order chi connectivity index (χ0) is 24.8. The van der Waals surface area contributed by atoms with Crippen LogP contribution in [0, 0.1) is 6.92 Å². The molecule has 2 heterocycles. The highest BCUT2D eigenvalue weighted by molar-refractivity contribution is 7.99. The van der Waals surface area contributed by atoms with E-state index < -0.39 is 0 Å². The Labute approximate surface area is 208 Å². The lowest BCUT2D eigenvalue weighted by Crippen LogP contribution is -2.23. The molecule has 0 spiro atoms. The van der Waals surface area contributed by atoms with Gasteiger partial charge in [-0.15, -0.1) is 16.8 Å². The number of thioether (sulfide) groups is 1. The van der Waals surface area contributed by atoms with Crippen LogP contribution in [0.15, 0.2) is 83.3 Å². The number of amides is 1. The quantitative estimate of drug-likeness (QED) is 0.271. The molecule has 1 N–H and O–H groups in total. The molecule has 0 saturated carbocycles. The van der Waals surface area contributed by atoms with Crippen LogP contribution in [0.2, 0.25) is 0 Å². The molecule has 8 nitrogen and oxygen atoms in total. The Hall–Kier alpha value is -3.85. The number of anilines is 1. The van der Waals surface area contributed by atoms with Gasteiger partial charge >= 0.3 is 0 Å². The lowest BCUT2D eigenvalue weighted by Gasteiger charge is -2.08. The molecule has 4 aromatic rings. The first-order valence-electron chi connectivity index (χ1n) is 11.3. The van der Waals surface area contributed by atoms with E-state index in [1.165, 1.54) is 22.0 Å². The Morgan fingerprint density at radius 3 is 2.43 bits per heavy atom. The van der Waals surface area contributed by atoms with Gasteiger partial charge in [0, 0.05) is 20.0 Å². The van der Waals surface area contributed by atoms with Crippen LogP contribution in [0.4, 0.5) is 5.69 Å². The van der Waals surface area contributed by atoms with Crippen molar-refractivity contribution in [3.05, 3.63) is 101 Å². The van der Waals surface area contributed by atoms with Crippen molar-refractivity contribution in [1.29, 1.82) is 0 Å². The summed E-state index contributed by atoms with van der Waals surface area (Å²) in [4.78, 5) is 25.8. The van der Waals surface area contributed by atoms with Crippen LogP contribution in [0.25, 0.3) is 5.69 Å². The number of benzene rings is 2. The Kier molecular flexibility index (Phi) is 7.67. The molecule has 4 rings (SSSR count). The second-order valence-electron chi connectivity index (χ2n) is 8.06. The summed E-state index contributed by atoms with van der Waals surface area (Å²) < 4.78 is 5.25. The highest BCUT2D eigenvalue weighted by atomic mass is 32.2. The minimum absolute atomic E-state index is 0.104. The maximum absolute atomic E-state index is 13.0. The molecule has 2 aromatic carbocycles. The predicted molar refractivity (Wildman–Crippen MR) is 139 cm³/mol. The third-order valence-corrected chi connectivity index (χ3v) is 6.70. The van der Waals surface area contributed by atoms with Crippen molar-refractivity contribution in [1.82, 2.24) is 24.1 Å². The van der Waals surface area contributed by atoms with Crippen molar-refractivity contribution in [2.24, 2.45) is 7.05 Å². The number of aryl methyl sites for hydroxylation is 2. The number of hydrogen-bond donors (Lipinski definition) is 1. The smallest absolute Gasteiger partial charge is 0.295 e. The lowest BCUT2D eigenvalue weighted by atomic mass is 10.1. The zero-order valence-corrected chi connectivity index (χ0v) is 20.7. The van der Waals surface area contributed by atoms with Gasteiger partial charge in [-0.05, 0) is 31.0 Å². The molecule has 9 heteroatoms. The fraction of sp³-hybridized carbons (Fsp3) is 0.231. The molecule has 0 aliphatic rings. The van der Waals surface area contributed by atoms with Gasteiger partial charge in [-0.3, -0.25) is 14.3 Å². The molecule has 0 fully saturated rings. The Balaban J connectivity index is 1.44. The summed E-state index contributed by atoms with van der Waals surface area (Å²) in [6, 6.07) is 19.5. The molecule has 2 aromatic heterocycles. The van der Waals surface area contributed by atoms with E-state index in [1.807, 2.05) is 60.0 Å². The summed E-state index contributed by atoms with van der Waals surface area (Å²) in [5, 5.41) is 12.1. The van der Waals surface area contributed by atoms with E-state index in [-0.39, 0.29) is 22.9 Å². The second-order valence-corrected chi connectivity index (χ2v) is 9.00. The van der Waals surface area contributed by atoms with Gasteiger partial charge in [-0.25, -0.2) is 4.68 Å². The summed E-state index contributed by atoms with van der Waals surface area (Å²) in [7, 11) is 1.79. The van der Waals surface area contributed by atoms with Gasteiger partial charge in [0.05, 0.1) is 17.1 Å². The first-order valence-corrected chi connectivity index (χ1v) is 12.3. The van der Waals surface area contributed by atoms with E-state index in [9.17, 15) is 9.59 Å². The average molecular weight is 489 g/mol. The maximum atomic E-state index is 13.0. The number of nitrogens with zero attached hydrogens (tertiary/aromatic N) is 5. The highest BCUT2D eigenvalue weighted by Gasteiger charge is 2.19. The summed E-state index contributed by atoms with van der Waals surface area (Å²) in [6.45, 7) is 6.20. The number of para-hydroxylation sites is 1. The molecular formula is C26H28N6O2S. The average Bonchev–Trinajstić information content (AvgIpc) is 3.35. The van der Waals surface area contributed by atoms with Crippen molar-refractivity contribution in [2.45, 2.75) is 31.5 Å². The van der Waals surface area contributed by atoms with Crippen LogP contribution >= 0.6 is 11.8 Å². The second kappa shape index (κ2) is 11.1. The summed E-state index contributed by atoms with van der Waals surface area (Å²) in [5.41, 5.74) is 2.65. The van der Waals surface area contributed by atoms with E-state index >= 15 is 0 Å². The van der Waals surface area contributed by atoms with Crippen molar-refractivity contribution in [3.63, 3.8) is 0 Å². The first-order chi connectivity index (χ1) is 17.0. The summed E-state index contributed by atoms with van der Waals surface area (Å²) in [6.07, 6.45) is 3.38. The van der Waals surface area contributed by atoms with E-state index in [1.54, 1.807) is 17.8 Å². The molecule has 0 radical (unpaired) electrons. The molecular weight excluding hydrogens is 460 g/mol. The predicted octanol–water partition coefficient (Wildman–Crippen LogP) is 3.78. The van der Waals surface area contributed by atoms with Gasteiger partial charge < -0.3 is 9.88 Å². The molecule has 0 saturated heterocycles. The largest absolute Gasteiger partial charge is 0.319 e. The Morgan fingerprint density at radius 2 is 1.74 bits per heavy atom. The van der Waals surface area contributed by atoms with Crippen LogP contribution in [-0.4, -0.2) is 35.8 Å². The Bertz CT molecular complexity index is 1370. The Morgan fingerprint density at radius 1 is 1.06 bits per heavy atom. The third-order valence-electron chi connectivity index (χ3n) is 5.74. The molecule has 0 unspecified atom stereocenters. The van der Waals surface area contributed by atoms with Crippen LogP contribution in [-0.2, 0) is 31.2 Å². The number of aromatic nitrogens is 5. The number of nitrogens with one attached hydrogen (secondary N) is 1. The number of rotatable bonds is 10. The van der Waals surface area contributed by atoms with E-state index in [0.29, 0.717) is 17.4 Å². The van der Waals surface area contributed by atoms with E-state index in [0.717, 1.165) is 24.4 Å². The molecule has 35 heavy (non-hydrogen) atoms. The number of carbonyl (C=O) groups excluding carboxylic acids is 1. The lowest BCUT2D eigenvalue weighted by molar-refractivity contribution is -0.113. The van der Waals surface area contributed by atoms with Crippen LogP contribution in [0.5, 0.6) is 0 Å². The van der Waals surface area contributed by atoms with Gasteiger partial charge in [0.25, 0.3) is 5.56 Å². The van der Waals surface area contributed by atoms with E-state index in [4.69, 9.17) is 0 Å². The first kappa shape index (κ1) is 24.3. The van der Waals surface area contributed by atoms with Crippen molar-refractivity contribution < 1.29 is 4.79 Å².